The number of hydrogen-bond donors (Lipinski definition) is 2. The van der Waals surface area contributed by atoms with Crippen LogP contribution in [0.1, 0.15) is 29.6 Å². The van der Waals surface area contributed by atoms with E-state index in [0.29, 0.717) is 17.3 Å². The second kappa shape index (κ2) is 4.74. The summed E-state index contributed by atoms with van der Waals surface area (Å²) in [4.78, 5) is 11.7. The molecule has 1 fully saturated rings. The normalized spacial score (nSPS) is 17.4. The highest BCUT2D eigenvalue weighted by Crippen LogP contribution is 2.30. The molecule has 0 heterocycles. The Morgan fingerprint density at radius 2 is 2.18 bits per heavy atom. The number of benzene rings is 1. The van der Waals surface area contributed by atoms with Crippen molar-refractivity contribution in [1.82, 2.24) is 5.32 Å². The molecule has 0 spiro atoms. The molecule has 1 aliphatic carbocycles. The average Bonchev–Trinajstić information content (AvgIpc) is 2.22. The maximum atomic E-state index is 13.1. The van der Waals surface area contributed by atoms with Crippen molar-refractivity contribution in [3.05, 3.63) is 34.1 Å². The van der Waals surface area contributed by atoms with Gasteiger partial charge in [0.25, 0.3) is 5.91 Å². The molecular formula is C12H13BrFNO2. The van der Waals surface area contributed by atoms with Gasteiger partial charge < -0.3 is 10.4 Å². The Labute approximate surface area is 107 Å². The van der Waals surface area contributed by atoms with Gasteiger partial charge >= 0.3 is 0 Å². The van der Waals surface area contributed by atoms with E-state index in [4.69, 9.17) is 0 Å². The summed E-state index contributed by atoms with van der Waals surface area (Å²) in [5, 5.41) is 12.4. The van der Waals surface area contributed by atoms with Crippen molar-refractivity contribution in [1.29, 1.82) is 0 Å². The quantitative estimate of drug-likeness (QED) is 0.899. The third kappa shape index (κ3) is 3.04. The van der Waals surface area contributed by atoms with Crippen molar-refractivity contribution in [2.75, 3.05) is 6.54 Å². The molecule has 0 atom stereocenters. The van der Waals surface area contributed by atoms with E-state index in [1.165, 1.54) is 12.1 Å². The van der Waals surface area contributed by atoms with Gasteiger partial charge in [0.15, 0.2) is 0 Å². The number of rotatable bonds is 3. The van der Waals surface area contributed by atoms with Gasteiger partial charge in [-0.2, -0.15) is 0 Å². The Bertz CT molecular complexity index is 426. The van der Waals surface area contributed by atoms with Gasteiger partial charge in [-0.1, -0.05) is 15.9 Å². The molecule has 0 radical (unpaired) electrons. The van der Waals surface area contributed by atoms with Gasteiger partial charge in [-0.25, -0.2) is 4.39 Å². The SMILES string of the molecule is O=C(NCC1(O)CCC1)c1cc(F)cc(Br)c1. The lowest BCUT2D eigenvalue weighted by Crippen LogP contribution is -2.47. The van der Waals surface area contributed by atoms with Crippen molar-refractivity contribution in [3.63, 3.8) is 0 Å². The molecule has 0 aromatic heterocycles. The molecule has 3 nitrogen and oxygen atoms in total. The molecule has 1 aliphatic rings. The molecule has 1 amide bonds. The highest BCUT2D eigenvalue weighted by molar-refractivity contribution is 9.10. The molecule has 2 rings (SSSR count). The molecule has 1 aromatic carbocycles. The van der Waals surface area contributed by atoms with Crippen LogP contribution in [0.4, 0.5) is 4.39 Å². The predicted octanol–water partition coefficient (Wildman–Crippen LogP) is 2.23. The Hall–Kier alpha value is -0.940. The van der Waals surface area contributed by atoms with Crippen LogP contribution >= 0.6 is 15.9 Å². The summed E-state index contributed by atoms with van der Waals surface area (Å²) in [6.45, 7) is 0.222. The Morgan fingerprint density at radius 1 is 1.47 bits per heavy atom. The zero-order valence-electron chi connectivity index (χ0n) is 9.17. The van der Waals surface area contributed by atoms with Gasteiger partial charge in [0.1, 0.15) is 5.82 Å². The largest absolute Gasteiger partial charge is 0.388 e. The van der Waals surface area contributed by atoms with E-state index in [1.54, 1.807) is 6.07 Å². The number of amides is 1. The smallest absolute Gasteiger partial charge is 0.251 e. The van der Waals surface area contributed by atoms with Crippen LogP contribution < -0.4 is 5.32 Å². The first-order chi connectivity index (χ1) is 7.98. The van der Waals surface area contributed by atoms with Crippen LogP contribution in [-0.4, -0.2) is 23.2 Å². The fourth-order valence-corrected chi connectivity index (χ4v) is 2.26. The van der Waals surface area contributed by atoms with Gasteiger partial charge in [-0.3, -0.25) is 4.79 Å². The topological polar surface area (TPSA) is 49.3 Å². The van der Waals surface area contributed by atoms with Crippen molar-refractivity contribution in [2.45, 2.75) is 24.9 Å². The minimum absolute atomic E-state index is 0.222. The minimum Gasteiger partial charge on any atom is -0.388 e. The third-order valence-corrected chi connectivity index (χ3v) is 3.44. The number of aliphatic hydroxyl groups is 1. The third-order valence-electron chi connectivity index (χ3n) is 2.99. The molecule has 2 N–H and O–H groups in total. The lowest BCUT2D eigenvalue weighted by Gasteiger charge is -2.36. The number of hydrogen-bond acceptors (Lipinski definition) is 2. The molecule has 1 saturated carbocycles. The van der Waals surface area contributed by atoms with Crippen LogP contribution in [0.3, 0.4) is 0 Å². The summed E-state index contributed by atoms with van der Waals surface area (Å²) >= 11 is 3.13. The summed E-state index contributed by atoms with van der Waals surface area (Å²) in [7, 11) is 0. The monoisotopic (exact) mass is 301 g/mol. The maximum absolute atomic E-state index is 13.1. The van der Waals surface area contributed by atoms with E-state index in [-0.39, 0.29) is 18.0 Å². The molecule has 0 bridgehead atoms. The first-order valence-electron chi connectivity index (χ1n) is 5.45. The molecule has 0 aliphatic heterocycles. The Kier molecular flexibility index (Phi) is 3.49. The van der Waals surface area contributed by atoms with Crippen molar-refractivity contribution in [2.24, 2.45) is 0 Å². The Balaban J connectivity index is 1.99. The van der Waals surface area contributed by atoms with Gasteiger partial charge in [-0.05, 0) is 37.5 Å². The molecular weight excluding hydrogens is 289 g/mol. The zero-order chi connectivity index (χ0) is 12.5. The Morgan fingerprint density at radius 3 is 2.71 bits per heavy atom. The summed E-state index contributed by atoms with van der Waals surface area (Å²) in [5.41, 5.74) is -0.514. The van der Waals surface area contributed by atoms with Crippen LogP contribution in [0.25, 0.3) is 0 Å². The fraction of sp³-hybridized carbons (Fsp3) is 0.417. The number of halogens is 2. The second-order valence-electron chi connectivity index (χ2n) is 4.42. The number of nitrogens with one attached hydrogen (secondary N) is 1. The predicted molar refractivity (Wildman–Crippen MR) is 65.2 cm³/mol. The zero-order valence-corrected chi connectivity index (χ0v) is 10.8. The maximum Gasteiger partial charge on any atom is 0.251 e. The van der Waals surface area contributed by atoms with Crippen LogP contribution in [-0.2, 0) is 0 Å². The molecule has 5 heteroatoms. The molecule has 1 aromatic rings. The summed E-state index contributed by atoms with van der Waals surface area (Å²) in [5.74, 6) is -0.836. The highest BCUT2D eigenvalue weighted by atomic mass is 79.9. The first kappa shape index (κ1) is 12.5. The minimum atomic E-state index is -0.764. The van der Waals surface area contributed by atoms with Crippen molar-refractivity contribution < 1.29 is 14.3 Å². The van der Waals surface area contributed by atoms with E-state index in [0.717, 1.165) is 6.42 Å². The van der Waals surface area contributed by atoms with Crippen LogP contribution in [0.15, 0.2) is 22.7 Å². The van der Waals surface area contributed by atoms with E-state index < -0.39 is 11.4 Å². The summed E-state index contributed by atoms with van der Waals surface area (Å²) in [6.07, 6.45) is 2.40. The van der Waals surface area contributed by atoms with Crippen LogP contribution in [0.5, 0.6) is 0 Å². The summed E-state index contributed by atoms with van der Waals surface area (Å²) in [6, 6.07) is 4.00. The van der Waals surface area contributed by atoms with E-state index in [1.807, 2.05) is 0 Å². The van der Waals surface area contributed by atoms with Gasteiger partial charge in [0.05, 0.1) is 5.60 Å². The number of carbonyl (C=O) groups is 1. The number of carbonyl (C=O) groups excluding carboxylic acids is 1. The van der Waals surface area contributed by atoms with E-state index >= 15 is 0 Å². The van der Waals surface area contributed by atoms with E-state index in [2.05, 4.69) is 21.2 Å². The van der Waals surface area contributed by atoms with Crippen molar-refractivity contribution >= 4 is 21.8 Å². The lowest BCUT2D eigenvalue weighted by molar-refractivity contribution is -0.0300. The highest BCUT2D eigenvalue weighted by Gasteiger charge is 2.34. The average molecular weight is 302 g/mol. The lowest BCUT2D eigenvalue weighted by atomic mass is 9.80. The van der Waals surface area contributed by atoms with Gasteiger partial charge in [0, 0.05) is 16.6 Å². The summed E-state index contributed by atoms with van der Waals surface area (Å²) < 4.78 is 13.6. The second-order valence-corrected chi connectivity index (χ2v) is 5.33. The van der Waals surface area contributed by atoms with Crippen LogP contribution in [0, 0.1) is 5.82 Å². The van der Waals surface area contributed by atoms with Crippen molar-refractivity contribution in [3.8, 4) is 0 Å². The molecule has 0 unspecified atom stereocenters. The van der Waals surface area contributed by atoms with Gasteiger partial charge in [-0.15, -0.1) is 0 Å². The fourth-order valence-electron chi connectivity index (χ4n) is 1.79. The molecule has 92 valence electrons. The van der Waals surface area contributed by atoms with Crippen LogP contribution in [0.2, 0.25) is 0 Å². The molecule has 17 heavy (non-hydrogen) atoms. The standard InChI is InChI=1S/C12H13BrFNO2/c13-9-4-8(5-10(14)6-9)11(16)15-7-12(17)2-1-3-12/h4-6,17H,1-3,7H2,(H,15,16). The van der Waals surface area contributed by atoms with Gasteiger partial charge in [0.2, 0.25) is 0 Å². The molecule has 0 saturated heterocycles. The first-order valence-corrected chi connectivity index (χ1v) is 6.24. The van der Waals surface area contributed by atoms with E-state index in [9.17, 15) is 14.3 Å².